The quantitative estimate of drug-likeness (QED) is 0.0809. The zero-order chi connectivity index (χ0) is 44.5. The largest absolute Gasteiger partial charge is 0.495 e. The molecule has 0 bridgehead atoms. The number of rotatable bonds is 4. The fourth-order valence-corrected chi connectivity index (χ4v) is 9.87. The molecule has 4 aromatic carbocycles. The van der Waals surface area contributed by atoms with E-state index >= 15 is 0 Å². The number of nitrogens with two attached hydrogens (primary N) is 2. The predicted molar refractivity (Wildman–Crippen MR) is 257 cm³/mol. The lowest BCUT2D eigenvalue weighted by atomic mass is 9.76. The van der Waals surface area contributed by atoms with E-state index in [1.807, 2.05) is 67.6 Å². The molecule has 9 rings (SSSR count). The number of benzene rings is 4. The lowest BCUT2D eigenvalue weighted by molar-refractivity contribution is 0.00578. The maximum Gasteiger partial charge on any atom is 0.495 e. The lowest BCUT2D eigenvalue weighted by Crippen LogP contribution is -2.41. The second kappa shape index (κ2) is 18.5. The number of aromatic nitrogens is 1. The van der Waals surface area contributed by atoms with Crippen LogP contribution in [0.5, 0.6) is 0 Å². The maximum atomic E-state index is 9.87. The van der Waals surface area contributed by atoms with Crippen LogP contribution in [0.4, 0.5) is 22.7 Å². The Kier molecular flexibility index (Phi) is 13.4. The summed E-state index contributed by atoms with van der Waals surface area (Å²) in [6.45, 7) is 26.7. The molecule has 1 aliphatic heterocycles. The molecule has 0 spiro atoms. The van der Waals surface area contributed by atoms with Gasteiger partial charge in [0.25, 0.3) is 0 Å². The van der Waals surface area contributed by atoms with Gasteiger partial charge in [0, 0.05) is 44.9 Å². The number of aliphatic hydroxyl groups excluding tert-OH is 2. The molecule has 9 nitrogen and oxygen atoms in total. The van der Waals surface area contributed by atoms with Crippen LogP contribution in [0.15, 0.2) is 89.5 Å². The molecule has 2 saturated carbocycles. The minimum absolute atomic E-state index is 0.129. The van der Waals surface area contributed by atoms with Gasteiger partial charge in [0.2, 0.25) is 0 Å². The fourth-order valence-electron chi connectivity index (χ4n) is 9.33. The number of hydrogen-bond donors (Lipinski definition) is 4. The molecular weight excluding hydrogens is 837 g/mol. The van der Waals surface area contributed by atoms with Crippen LogP contribution in [0.3, 0.4) is 0 Å². The highest BCUT2D eigenvalue weighted by molar-refractivity contribution is 9.10. The number of nitrogen functional groups attached to an aromatic ring is 2. The third-order valence-corrected chi connectivity index (χ3v) is 14.6. The summed E-state index contributed by atoms with van der Waals surface area (Å²) in [6, 6.07) is 24.3. The second-order valence-corrected chi connectivity index (χ2v) is 19.2. The van der Waals surface area contributed by atoms with E-state index in [-0.39, 0.29) is 30.5 Å². The van der Waals surface area contributed by atoms with Crippen LogP contribution in [0, 0.1) is 32.9 Å². The molecule has 2 heterocycles. The predicted octanol–water partition coefficient (Wildman–Crippen LogP) is 11.5. The molecule has 1 saturated heterocycles. The Labute approximate surface area is 376 Å². The molecule has 6 N–H and O–H groups in total. The SMILES string of the molecule is Cc1c(N)cccc1B1OC(C)(C)C(C)(C)O1.[C-]#[N+]c1ccc2c(c1)C(c1cccc(N)c1C)=CC2C1CCC(O)CC1.[C-]#[N+]c1ccc2c(c1)c(Br)cn2C1CCC(O)CC1. The first-order chi connectivity index (χ1) is 29.5. The Bertz CT molecular complexity index is 2540. The minimum Gasteiger partial charge on any atom is -0.399 e. The highest BCUT2D eigenvalue weighted by Gasteiger charge is 2.52. The summed E-state index contributed by atoms with van der Waals surface area (Å²) in [5.41, 5.74) is 23.5. The second-order valence-electron chi connectivity index (χ2n) is 18.4. The number of nitrogens with zero attached hydrogens (tertiary/aromatic N) is 3. The number of anilines is 2. The van der Waals surface area contributed by atoms with Gasteiger partial charge >= 0.3 is 7.12 Å². The summed E-state index contributed by atoms with van der Waals surface area (Å²) >= 11 is 3.59. The van der Waals surface area contributed by atoms with E-state index in [1.165, 1.54) is 22.2 Å². The molecule has 0 radical (unpaired) electrons. The van der Waals surface area contributed by atoms with Gasteiger partial charge in [-0.25, -0.2) is 9.69 Å². The molecule has 3 aliphatic carbocycles. The molecule has 62 heavy (non-hydrogen) atoms. The Morgan fingerprint density at radius 2 is 1.29 bits per heavy atom. The van der Waals surface area contributed by atoms with Crippen molar-refractivity contribution < 1.29 is 19.5 Å². The van der Waals surface area contributed by atoms with Crippen molar-refractivity contribution in [1.29, 1.82) is 0 Å². The van der Waals surface area contributed by atoms with Gasteiger partial charge < -0.3 is 35.6 Å². The summed E-state index contributed by atoms with van der Waals surface area (Å²) in [5, 5.41) is 20.6. The van der Waals surface area contributed by atoms with Gasteiger partial charge in [-0.1, -0.05) is 48.5 Å². The summed E-state index contributed by atoms with van der Waals surface area (Å²) in [7, 11) is -0.330. The van der Waals surface area contributed by atoms with E-state index in [9.17, 15) is 10.2 Å². The first kappa shape index (κ1) is 45.2. The van der Waals surface area contributed by atoms with Crippen molar-refractivity contribution in [2.75, 3.05) is 11.5 Å². The van der Waals surface area contributed by atoms with Gasteiger partial charge in [0.05, 0.1) is 36.6 Å². The van der Waals surface area contributed by atoms with Gasteiger partial charge in [-0.05, 0) is 184 Å². The van der Waals surface area contributed by atoms with Gasteiger partial charge in [-0.15, -0.1) is 0 Å². The number of fused-ring (bicyclic) bond motifs is 2. The fraction of sp³-hybridized carbons (Fsp3) is 0.412. The van der Waals surface area contributed by atoms with Crippen LogP contribution in [0.25, 0.3) is 26.2 Å². The maximum absolute atomic E-state index is 9.87. The third-order valence-electron chi connectivity index (χ3n) is 14.0. The molecule has 3 fully saturated rings. The summed E-state index contributed by atoms with van der Waals surface area (Å²) in [5.74, 6) is 0.905. The third kappa shape index (κ3) is 9.25. The van der Waals surface area contributed by atoms with Crippen LogP contribution >= 0.6 is 15.9 Å². The lowest BCUT2D eigenvalue weighted by Gasteiger charge is -2.32. The van der Waals surface area contributed by atoms with Crippen molar-refractivity contribution in [2.24, 2.45) is 5.92 Å². The van der Waals surface area contributed by atoms with Crippen molar-refractivity contribution in [3.8, 4) is 0 Å². The van der Waals surface area contributed by atoms with Gasteiger partial charge in [0.1, 0.15) is 0 Å². The Morgan fingerprint density at radius 1 is 0.726 bits per heavy atom. The molecule has 1 atom stereocenters. The van der Waals surface area contributed by atoms with Crippen LogP contribution in [-0.2, 0) is 9.31 Å². The molecular formula is C51H59BBrN5O4. The average molecular weight is 897 g/mol. The van der Waals surface area contributed by atoms with Crippen LogP contribution in [-0.4, -0.2) is 45.3 Å². The first-order valence-corrected chi connectivity index (χ1v) is 22.6. The highest BCUT2D eigenvalue weighted by atomic mass is 79.9. The van der Waals surface area contributed by atoms with Crippen molar-refractivity contribution in [2.45, 2.75) is 128 Å². The Morgan fingerprint density at radius 3 is 1.92 bits per heavy atom. The van der Waals surface area contributed by atoms with E-state index in [0.29, 0.717) is 29.3 Å². The molecule has 5 aromatic rings. The van der Waals surface area contributed by atoms with E-state index in [1.54, 1.807) is 0 Å². The Hall–Kier alpha value is -4.88. The van der Waals surface area contributed by atoms with Crippen molar-refractivity contribution in [1.82, 2.24) is 4.57 Å². The Balaban J connectivity index is 0.000000144. The zero-order valence-electron chi connectivity index (χ0n) is 36.8. The van der Waals surface area contributed by atoms with Crippen molar-refractivity contribution >= 4 is 67.7 Å². The van der Waals surface area contributed by atoms with Crippen LogP contribution in [0.1, 0.15) is 119 Å². The molecule has 11 heteroatoms. The summed E-state index contributed by atoms with van der Waals surface area (Å²) < 4.78 is 15.3. The molecule has 1 unspecified atom stereocenters. The van der Waals surface area contributed by atoms with Crippen molar-refractivity contribution in [3.63, 3.8) is 0 Å². The van der Waals surface area contributed by atoms with Crippen molar-refractivity contribution in [3.05, 3.63) is 140 Å². The average Bonchev–Trinajstić information content (AvgIpc) is 3.87. The van der Waals surface area contributed by atoms with E-state index in [4.69, 9.17) is 33.9 Å². The van der Waals surface area contributed by atoms with Gasteiger partial charge in [0.15, 0.2) is 11.4 Å². The molecule has 4 aliphatic rings. The minimum atomic E-state index is -0.330. The van der Waals surface area contributed by atoms with Gasteiger partial charge in [-0.3, -0.25) is 0 Å². The zero-order valence-corrected chi connectivity index (χ0v) is 38.4. The van der Waals surface area contributed by atoms with Crippen LogP contribution < -0.4 is 16.9 Å². The number of halogens is 1. The number of hydrogen-bond acceptors (Lipinski definition) is 6. The van der Waals surface area contributed by atoms with Gasteiger partial charge in [-0.2, -0.15) is 0 Å². The molecule has 1 aromatic heterocycles. The van der Waals surface area contributed by atoms with Crippen LogP contribution in [0.2, 0.25) is 0 Å². The number of aliphatic hydroxyl groups is 2. The molecule has 322 valence electrons. The first-order valence-electron chi connectivity index (χ1n) is 21.8. The van der Waals surface area contributed by atoms with E-state index in [0.717, 1.165) is 94.8 Å². The monoisotopic (exact) mass is 895 g/mol. The number of allylic oxidation sites excluding steroid dienone is 1. The normalized spacial score (nSPS) is 23.5. The topological polar surface area (TPSA) is 125 Å². The summed E-state index contributed by atoms with van der Waals surface area (Å²) in [4.78, 5) is 7.11. The summed E-state index contributed by atoms with van der Waals surface area (Å²) in [6.07, 6.45) is 11.9. The highest BCUT2D eigenvalue weighted by Crippen LogP contribution is 2.49. The molecule has 0 amide bonds. The standard InChI is InChI=1S/C23H24N2O.C15H15BrN2O.C13H20BNO2/c1-14-18(4-3-5-23(14)24)22-13-20(15-6-9-17(26)10-7-15)19-11-8-16(25-2)12-21(19)22;1-17-10-2-7-15-13(8-10)14(16)9-18(15)11-3-5-12(19)6-4-11;1-9-10(7-6-8-11(9)15)14-16-12(2,3)13(4,5)17-14/h3-5,8,11-13,15,17,20,26H,6-7,9-10,24H2,1H3;2,7-9,11-12,19H,3-6H2;6-8H,15H2,1-5H3. The van der Waals surface area contributed by atoms with E-state index < -0.39 is 0 Å². The smallest absolute Gasteiger partial charge is 0.399 e. The van der Waals surface area contributed by atoms with E-state index in [2.05, 4.69) is 89.2 Å².